The molecule has 1 aliphatic rings. The van der Waals surface area contributed by atoms with Crippen LogP contribution >= 0.6 is 0 Å². The van der Waals surface area contributed by atoms with Crippen LogP contribution in [0.25, 0.3) is 10.9 Å². The second kappa shape index (κ2) is 8.03. The predicted molar refractivity (Wildman–Crippen MR) is 110 cm³/mol. The van der Waals surface area contributed by atoms with Crippen molar-refractivity contribution in [2.45, 2.75) is 37.8 Å². The maximum Gasteiger partial charge on any atom is 0.251 e. The molecule has 2 aromatic carbocycles. The average Bonchev–Trinajstić information content (AvgIpc) is 2.71. The normalized spacial score (nSPS) is 19.1. The van der Waals surface area contributed by atoms with E-state index in [1.807, 2.05) is 30.3 Å². The predicted octanol–water partition coefficient (Wildman–Crippen LogP) is 4.25. The van der Waals surface area contributed by atoms with E-state index in [0.717, 1.165) is 54.5 Å². The molecule has 0 saturated heterocycles. The molecule has 1 aromatic heterocycles. The number of pyridine rings is 1. The van der Waals surface area contributed by atoms with Gasteiger partial charge in [0, 0.05) is 34.8 Å². The van der Waals surface area contributed by atoms with E-state index >= 15 is 0 Å². The molecule has 0 radical (unpaired) electrons. The molecule has 3 aromatic rings. The molecule has 1 saturated carbocycles. The van der Waals surface area contributed by atoms with Crippen LogP contribution in [-0.4, -0.2) is 23.0 Å². The Bertz CT molecular complexity index is 1050. The molecule has 5 nitrogen and oxygen atoms in total. The van der Waals surface area contributed by atoms with Crippen LogP contribution in [0.4, 0.5) is 20.3 Å². The molecule has 1 aliphatic carbocycles. The van der Waals surface area contributed by atoms with E-state index in [-0.39, 0.29) is 23.6 Å². The van der Waals surface area contributed by atoms with Gasteiger partial charge in [0.25, 0.3) is 5.91 Å². The van der Waals surface area contributed by atoms with Gasteiger partial charge in [0.2, 0.25) is 0 Å². The Morgan fingerprint density at radius 2 is 1.69 bits per heavy atom. The highest BCUT2D eigenvalue weighted by Gasteiger charge is 2.23. The number of anilines is 2. The number of nitrogens with two attached hydrogens (primary N) is 1. The number of para-hydroxylation sites is 1. The summed E-state index contributed by atoms with van der Waals surface area (Å²) in [5, 5.41) is 7.28. The lowest BCUT2D eigenvalue weighted by Gasteiger charge is -2.30. The smallest absolute Gasteiger partial charge is 0.251 e. The first kappa shape index (κ1) is 19.1. The Kier molecular flexibility index (Phi) is 5.29. The van der Waals surface area contributed by atoms with Crippen LogP contribution in [0.5, 0.6) is 0 Å². The number of nitrogens with one attached hydrogen (secondary N) is 2. The highest BCUT2D eigenvalue weighted by atomic mass is 19.2. The molecule has 0 aliphatic heterocycles. The van der Waals surface area contributed by atoms with E-state index in [4.69, 9.17) is 5.73 Å². The van der Waals surface area contributed by atoms with Crippen LogP contribution in [0, 0.1) is 11.6 Å². The largest absolute Gasteiger partial charge is 0.398 e. The Morgan fingerprint density at radius 1 is 0.966 bits per heavy atom. The molecule has 0 unspecified atom stereocenters. The van der Waals surface area contributed by atoms with Gasteiger partial charge in [-0.3, -0.25) is 4.79 Å². The third-order valence-corrected chi connectivity index (χ3v) is 5.34. The molecular formula is C22H22F2N4O. The lowest BCUT2D eigenvalue weighted by atomic mass is 9.91. The van der Waals surface area contributed by atoms with Crippen LogP contribution in [0.1, 0.15) is 36.0 Å². The summed E-state index contributed by atoms with van der Waals surface area (Å²) in [7, 11) is 0. The number of hydrogen-bond acceptors (Lipinski definition) is 4. The molecule has 29 heavy (non-hydrogen) atoms. The van der Waals surface area contributed by atoms with Crippen LogP contribution in [-0.2, 0) is 0 Å². The Hall–Kier alpha value is -3.22. The van der Waals surface area contributed by atoms with Crippen LogP contribution in [0.2, 0.25) is 0 Å². The van der Waals surface area contributed by atoms with E-state index in [1.165, 1.54) is 6.07 Å². The second-order valence-electron chi connectivity index (χ2n) is 7.41. The fraction of sp³-hybridized carbons (Fsp3) is 0.273. The van der Waals surface area contributed by atoms with Crippen molar-refractivity contribution in [2.24, 2.45) is 0 Å². The van der Waals surface area contributed by atoms with Gasteiger partial charge in [0.05, 0.1) is 5.52 Å². The minimum Gasteiger partial charge on any atom is -0.398 e. The van der Waals surface area contributed by atoms with Crippen LogP contribution < -0.4 is 16.4 Å². The van der Waals surface area contributed by atoms with Gasteiger partial charge in [-0.25, -0.2) is 13.8 Å². The van der Waals surface area contributed by atoms with Crippen molar-refractivity contribution in [3.63, 3.8) is 0 Å². The standard InChI is InChI=1S/C22H22F2N4O/c23-17-10-5-13(11-18(17)24)22(29)27-15-8-6-14(7-9-15)26-21-12-19(25)16-3-1-2-4-20(16)28-21/h1-5,10-12,14-15H,6-9H2,(H,27,29)(H3,25,26,28)/t14-,15+. The van der Waals surface area contributed by atoms with E-state index in [2.05, 4.69) is 15.6 Å². The monoisotopic (exact) mass is 396 g/mol. The molecular weight excluding hydrogens is 374 g/mol. The number of benzene rings is 2. The Morgan fingerprint density at radius 3 is 2.45 bits per heavy atom. The summed E-state index contributed by atoms with van der Waals surface area (Å²) in [6.45, 7) is 0. The molecule has 4 N–H and O–H groups in total. The number of nitrogens with zero attached hydrogens (tertiary/aromatic N) is 1. The zero-order chi connectivity index (χ0) is 20.4. The molecule has 4 rings (SSSR count). The SMILES string of the molecule is Nc1cc(N[C@H]2CC[C@@H](NC(=O)c3ccc(F)c(F)c3)CC2)nc2ccccc12. The van der Waals surface area contributed by atoms with Crippen LogP contribution in [0.15, 0.2) is 48.5 Å². The number of carbonyl (C=O) groups is 1. The number of nitrogen functional groups attached to an aromatic ring is 1. The summed E-state index contributed by atoms with van der Waals surface area (Å²) in [6, 6.07) is 13.0. The minimum atomic E-state index is -1.02. The maximum atomic E-state index is 13.3. The van der Waals surface area contributed by atoms with Crippen LogP contribution in [0.3, 0.4) is 0 Å². The first-order chi connectivity index (χ1) is 14.0. The van der Waals surface area contributed by atoms with Crippen molar-refractivity contribution in [1.29, 1.82) is 0 Å². The topological polar surface area (TPSA) is 80.0 Å². The quantitative estimate of drug-likeness (QED) is 0.616. The first-order valence-corrected chi connectivity index (χ1v) is 9.67. The highest BCUT2D eigenvalue weighted by Crippen LogP contribution is 2.26. The number of rotatable bonds is 4. The number of amides is 1. The number of halogens is 2. The van der Waals surface area contributed by atoms with E-state index in [1.54, 1.807) is 0 Å². The summed E-state index contributed by atoms with van der Waals surface area (Å²) < 4.78 is 26.4. The molecule has 1 fully saturated rings. The zero-order valence-electron chi connectivity index (χ0n) is 15.8. The number of aromatic nitrogens is 1. The van der Waals surface area contributed by atoms with E-state index in [9.17, 15) is 13.6 Å². The summed E-state index contributed by atoms with van der Waals surface area (Å²) >= 11 is 0. The van der Waals surface area contributed by atoms with Gasteiger partial charge >= 0.3 is 0 Å². The van der Waals surface area contributed by atoms with Crippen molar-refractivity contribution in [1.82, 2.24) is 10.3 Å². The first-order valence-electron chi connectivity index (χ1n) is 9.67. The van der Waals surface area contributed by atoms with E-state index < -0.39 is 11.6 Å². The fourth-order valence-corrected chi connectivity index (χ4v) is 3.77. The van der Waals surface area contributed by atoms with Crippen molar-refractivity contribution in [2.75, 3.05) is 11.1 Å². The van der Waals surface area contributed by atoms with Crippen molar-refractivity contribution >= 4 is 28.3 Å². The Labute approximate surface area is 167 Å². The highest BCUT2D eigenvalue weighted by molar-refractivity contribution is 5.94. The Balaban J connectivity index is 1.33. The number of hydrogen-bond donors (Lipinski definition) is 3. The summed E-state index contributed by atoms with van der Waals surface area (Å²) in [5.41, 5.74) is 7.80. The lowest BCUT2D eigenvalue weighted by Crippen LogP contribution is -2.40. The average molecular weight is 396 g/mol. The van der Waals surface area contributed by atoms with Crippen molar-refractivity contribution in [3.8, 4) is 0 Å². The lowest BCUT2D eigenvalue weighted by molar-refractivity contribution is 0.0926. The van der Waals surface area contributed by atoms with Crippen molar-refractivity contribution < 1.29 is 13.6 Å². The molecule has 1 amide bonds. The molecule has 7 heteroatoms. The van der Waals surface area contributed by atoms with Gasteiger partial charge in [-0.05, 0) is 49.9 Å². The molecule has 1 heterocycles. The maximum absolute atomic E-state index is 13.3. The fourth-order valence-electron chi connectivity index (χ4n) is 3.77. The number of fused-ring (bicyclic) bond motifs is 1. The zero-order valence-corrected chi connectivity index (χ0v) is 15.8. The summed E-state index contributed by atoms with van der Waals surface area (Å²) in [5.74, 6) is -1.62. The molecule has 0 spiro atoms. The third kappa shape index (κ3) is 4.29. The molecule has 150 valence electrons. The molecule has 0 atom stereocenters. The minimum absolute atomic E-state index is 0.00305. The van der Waals surface area contributed by atoms with Gasteiger partial charge in [-0.15, -0.1) is 0 Å². The van der Waals surface area contributed by atoms with Crippen molar-refractivity contribution in [3.05, 3.63) is 65.7 Å². The van der Waals surface area contributed by atoms with Gasteiger partial charge in [-0.2, -0.15) is 0 Å². The van der Waals surface area contributed by atoms with E-state index in [0.29, 0.717) is 5.69 Å². The summed E-state index contributed by atoms with van der Waals surface area (Å²) in [4.78, 5) is 16.9. The van der Waals surface area contributed by atoms with Gasteiger partial charge in [0.15, 0.2) is 11.6 Å². The summed E-state index contributed by atoms with van der Waals surface area (Å²) in [6.07, 6.45) is 3.29. The molecule has 0 bridgehead atoms. The number of carbonyl (C=O) groups excluding carboxylic acids is 1. The van der Waals surface area contributed by atoms with Gasteiger partial charge in [0.1, 0.15) is 5.82 Å². The second-order valence-corrected chi connectivity index (χ2v) is 7.41. The third-order valence-electron chi connectivity index (χ3n) is 5.34. The van der Waals surface area contributed by atoms with Gasteiger partial charge in [-0.1, -0.05) is 18.2 Å². The van der Waals surface area contributed by atoms with Gasteiger partial charge < -0.3 is 16.4 Å².